The Kier molecular flexibility index (Phi) is 4.95. The van der Waals surface area contributed by atoms with Crippen molar-refractivity contribution in [3.05, 3.63) is 30.6 Å². The van der Waals surface area contributed by atoms with Crippen molar-refractivity contribution in [1.29, 1.82) is 5.26 Å². The predicted molar refractivity (Wildman–Crippen MR) is 113 cm³/mol. The van der Waals surface area contributed by atoms with Gasteiger partial charge < -0.3 is 4.90 Å². The van der Waals surface area contributed by atoms with Crippen LogP contribution < -0.4 is 0 Å². The SMILES string of the molecule is N#CCCN(C(=O)CSc1ncnc2ccccc12)C12CC3CC(CC(C3)C1)C2. The van der Waals surface area contributed by atoms with Gasteiger partial charge in [0.15, 0.2) is 0 Å². The summed E-state index contributed by atoms with van der Waals surface area (Å²) in [6, 6.07) is 10.2. The molecule has 0 spiro atoms. The molecule has 1 amide bonds. The number of benzene rings is 1. The lowest BCUT2D eigenvalue weighted by Crippen LogP contribution is -2.62. The van der Waals surface area contributed by atoms with Gasteiger partial charge in [-0.2, -0.15) is 5.26 Å². The summed E-state index contributed by atoms with van der Waals surface area (Å²) in [4.78, 5) is 24.3. The fraction of sp³-hybridized carbons (Fsp3) is 0.565. The van der Waals surface area contributed by atoms with Crippen molar-refractivity contribution in [2.45, 2.75) is 55.5 Å². The first-order valence-corrected chi connectivity index (χ1v) is 11.7. The van der Waals surface area contributed by atoms with E-state index >= 15 is 0 Å². The van der Waals surface area contributed by atoms with Crippen LogP contribution in [0.4, 0.5) is 0 Å². The Morgan fingerprint density at radius 3 is 2.52 bits per heavy atom. The quantitative estimate of drug-likeness (QED) is 0.524. The van der Waals surface area contributed by atoms with Gasteiger partial charge in [0, 0.05) is 17.5 Å². The zero-order valence-corrected chi connectivity index (χ0v) is 17.4. The summed E-state index contributed by atoms with van der Waals surface area (Å²) >= 11 is 1.50. The van der Waals surface area contributed by atoms with Crippen molar-refractivity contribution in [3.8, 4) is 6.07 Å². The van der Waals surface area contributed by atoms with Crippen LogP contribution in [-0.2, 0) is 4.79 Å². The molecule has 0 radical (unpaired) electrons. The molecule has 4 saturated carbocycles. The Hall–Kier alpha value is -2.13. The maximum absolute atomic E-state index is 13.4. The van der Waals surface area contributed by atoms with E-state index in [4.69, 9.17) is 0 Å². The molecule has 150 valence electrons. The van der Waals surface area contributed by atoms with Gasteiger partial charge in [-0.1, -0.05) is 30.0 Å². The van der Waals surface area contributed by atoms with Gasteiger partial charge in [0.1, 0.15) is 11.4 Å². The van der Waals surface area contributed by atoms with E-state index in [9.17, 15) is 10.1 Å². The minimum absolute atomic E-state index is 0.00299. The highest BCUT2D eigenvalue weighted by Gasteiger charge is 2.54. The molecule has 1 aromatic carbocycles. The number of nitrogens with zero attached hydrogens (tertiary/aromatic N) is 4. The Morgan fingerprint density at radius 1 is 1.14 bits per heavy atom. The molecule has 4 fully saturated rings. The molecule has 4 bridgehead atoms. The topological polar surface area (TPSA) is 69.9 Å². The summed E-state index contributed by atoms with van der Waals surface area (Å²) in [7, 11) is 0. The molecule has 2 aromatic rings. The Balaban J connectivity index is 1.36. The minimum Gasteiger partial charge on any atom is -0.335 e. The highest BCUT2D eigenvalue weighted by molar-refractivity contribution is 8.00. The molecule has 0 aliphatic heterocycles. The molecule has 1 aromatic heterocycles. The van der Waals surface area contributed by atoms with E-state index in [1.807, 2.05) is 24.3 Å². The van der Waals surface area contributed by atoms with E-state index in [-0.39, 0.29) is 11.4 Å². The van der Waals surface area contributed by atoms with Crippen molar-refractivity contribution in [3.63, 3.8) is 0 Å². The molecular weight excluding hydrogens is 380 g/mol. The van der Waals surface area contributed by atoms with Gasteiger partial charge in [-0.3, -0.25) is 4.79 Å². The van der Waals surface area contributed by atoms with E-state index in [1.165, 1.54) is 31.0 Å². The van der Waals surface area contributed by atoms with E-state index < -0.39 is 0 Å². The molecular formula is C23H26N4OS. The van der Waals surface area contributed by atoms with Gasteiger partial charge in [-0.05, 0) is 62.3 Å². The largest absolute Gasteiger partial charge is 0.335 e. The van der Waals surface area contributed by atoms with Crippen LogP contribution >= 0.6 is 11.8 Å². The summed E-state index contributed by atoms with van der Waals surface area (Å²) in [5.41, 5.74) is 0.900. The number of hydrogen-bond acceptors (Lipinski definition) is 5. The molecule has 0 saturated heterocycles. The smallest absolute Gasteiger partial charge is 0.233 e. The summed E-state index contributed by atoms with van der Waals surface area (Å²) in [6.45, 7) is 0.562. The maximum Gasteiger partial charge on any atom is 0.233 e. The number of amides is 1. The average Bonchev–Trinajstić information content (AvgIpc) is 2.71. The Bertz CT molecular complexity index is 928. The second-order valence-corrected chi connectivity index (χ2v) is 10.0. The fourth-order valence-corrected chi connectivity index (χ4v) is 7.35. The number of thioether (sulfide) groups is 1. The van der Waals surface area contributed by atoms with Crippen LogP contribution in [0.25, 0.3) is 10.9 Å². The summed E-state index contributed by atoms with van der Waals surface area (Å²) in [5, 5.41) is 11.0. The monoisotopic (exact) mass is 406 g/mol. The Labute approximate surface area is 175 Å². The van der Waals surface area contributed by atoms with E-state index in [1.54, 1.807) is 6.33 Å². The van der Waals surface area contributed by atoms with Crippen LogP contribution in [0, 0.1) is 29.1 Å². The number of carbonyl (C=O) groups is 1. The van der Waals surface area contributed by atoms with Crippen LogP contribution in [0.2, 0.25) is 0 Å². The number of hydrogen-bond donors (Lipinski definition) is 0. The number of nitriles is 1. The van der Waals surface area contributed by atoms with Crippen LogP contribution in [0.3, 0.4) is 0 Å². The highest BCUT2D eigenvalue weighted by atomic mass is 32.2. The lowest BCUT2D eigenvalue weighted by Gasteiger charge is -2.60. The normalized spacial score (nSPS) is 29.7. The van der Waals surface area contributed by atoms with Crippen molar-refractivity contribution in [2.75, 3.05) is 12.3 Å². The number of aromatic nitrogens is 2. The zero-order chi connectivity index (χ0) is 19.8. The van der Waals surface area contributed by atoms with Crippen molar-refractivity contribution >= 4 is 28.6 Å². The standard InChI is InChI=1S/C23H26N4OS/c24-6-3-7-27(23-11-16-8-17(12-23)10-18(9-16)13-23)21(28)14-29-22-19-4-1-2-5-20(19)25-15-26-22/h1-2,4-5,15-18H,3,7-14H2. The van der Waals surface area contributed by atoms with Crippen LogP contribution in [0.1, 0.15) is 44.9 Å². The molecule has 0 N–H and O–H groups in total. The fourth-order valence-electron chi connectivity index (χ4n) is 6.49. The minimum atomic E-state index is -0.00299. The third-order valence-corrected chi connectivity index (χ3v) is 8.16. The van der Waals surface area contributed by atoms with Crippen LogP contribution in [0.5, 0.6) is 0 Å². The molecule has 6 rings (SSSR count). The molecule has 0 unspecified atom stereocenters. The van der Waals surface area contributed by atoms with Crippen molar-refractivity contribution < 1.29 is 4.79 Å². The van der Waals surface area contributed by atoms with Crippen LogP contribution in [-0.4, -0.2) is 38.6 Å². The van der Waals surface area contributed by atoms with Gasteiger partial charge in [0.25, 0.3) is 0 Å². The maximum atomic E-state index is 13.4. The molecule has 5 nitrogen and oxygen atoms in total. The molecule has 0 atom stereocenters. The summed E-state index contributed by atoms with van der Waals surface area (Å²) in [6.07, 6.45) is 9.44. The van der Waals surface area contributed by atoms with Crippen molar-refractivity contribution in [2.24, 2.45) is 17.8 Å². The molecule has 1 heterocycles. The molecule has 4 aliphatic rings. The van der Waals surface area contributed by atoms with Gasteiger partial charge in [-0.15, -0.1) is 0 Å². The lowest BCUT2D eigenvalue weighted by atomic mass is 9.52. The number of fused-ring (bicyclic) bond motifs is 1. The summed E-state index contributed by atoms with van der Waals surface area (Å²) in [5.74, 6) is 2.86. The Morgan fingerprint density at radius 2 is 1.83 bits per heavy atom. The number of para-hydroxylation sites is 1. The first-order chi connectivity index (χ1) is 14.2. The van der Waals surface area contributed by atoms with Gasteiger partial charge in [-0.25, -0.2) is 9.97 Å². The van der Waals surface area contributed by atoms with Crippen LogP contribution in [0.15, 0.2) is 35.6 Å². The van der Waals surface area contributed by atoms with E-state index in [2.05, 4.69) is 20.9 Å². The van der Waals surface area contributed by atoms with E-state index in [0.29, 0.717) is 18.7 Å². The molecule has 6 heteroatoms. The highest BCUT2D eigenvalue weighted by Crippen LogP contribution is 2.57. The van der Waals surface area contributed by atoms with Gasteiger partial charge in [0.05, 0.1) is 23.8 Å². The third kappa shape index (κ3) is 3.50. The first kappa shape index (κ1) is 18.9. The average molecular weight is 407 g/mol. The summed E-state index contributed by atoms with van der Waals surface area (Å²) < 4.78 is 0. The molecule has 29 heavy (non-hydrogen) atoms. The van der Waals surface area contributed by atoms with Gasteiger partial charge >= 0.3 is 0 Å². The second kappa shape index (κ2) is 7.60. The first-order valence-electron chi connectivity index (χ1n) is 10.7. The second-order valence-electron chi connectivity index (χ2n) is 9.08. The van der Waals surface area contributed by atoms with E-state index in [0.717, 1.165) is 52.9 Å². The number of rotatable bonds is 6. The number of carbonyl (C=O) groups excluding carboxylic acids is 1. The third-order valence-electron chi connectivity index (χ3n) is 7.17. The van der Waals surface area contributed by atoms with Gasteiger partial charge in [0.2, 0.25) is 5.91 Å². The van der Waals surface area contributed by atoms with Crippen molar-refractivity contribution in [1.82, 2.24) is 14.9 Å². The predicted octanol–water partition coefficient (Wildman–Crippen LogP) is 4.43. The lowest BCUT2D eigenvalue weighted by molar-refractivity contribution is -0.147. The molecule has 4 aliphatic carbocycles. The zero-order valence-electron chi connectivity index (χ0n) is 16.6.